The molecule has 1 aromatic heterocycles. The SMILES string of the molecule is CC(C)CCC(N)Cc1ccc2ccccc2n1. The molecule has 2 nitrogen and oxygen atoms in total. The van der Waals surface area contributed by atoms with E-state index in [1.807, 2.05) is 12.1 Å². The summed E-state index contributed by atoms with van der Waals surface area (Å²) in [6.07, 6.45) is 3.14. The molecule has 0 fully saturated rings. The van der Waals surface area contributed by atoms with Gasteiger partial charge in [-0.05, 0) is 30.9 Å². The summed E-state index contributed by atoms with van der Waals surface area (Å²) < 4.78 is 0. The third kappa shape index (κ3) is 3.54. The van der Waals surface area contributed by atoms with Gasteiger partial charge in [0, 0.05) is 23.5 Å². The first-order valence-electron chi connectivity index (χ1n) is 6.75. The molecule has 1 unspecified atom stereocenters. The molecule has 0 saturated carbocycles. The van der Waals surface area contributed by atoms with Crippen LogP contribution in [0.5, 0.6) is 0 Å². The van der Waals surface area contributed by atoms with E-state index in [1.165, 1.54) is 11.8 Å². The molecule has 1 atom stereocenters. The minimum absolute atomic E-state index is 0.223. The standard InChI is InChI=1S/C16H22N2/c1-12(2)7-9-14(17)11-15-10-8-13-5-3-4-6-16(13)18-15/h3-6,8,10,12,14H,7,9,11,17H2,1-2H3. The number of rotatable bonds is 5. The highest BCUT2D eigenvalue weighted by Gasteiger charge is 2.07. The fourth-order valence-electron chi connectivity index (χ4n) is 2.14. The van der Waals surface area contributed by atoms with Crippen LogP contribution in [0.4, 0.5) is 0 Å². The summed E-state index contributed by atoms with van der Waals surface area (Å²) in [5.41, 5.74) is 8.32. The van der Waals surface area contributed by atoms with Crippen LogP contribution in [0.25, 0.3) is 10.9 Å². The Balaban J connectivity index is 2.03. The Morgan fingerprint density at radius 3 is 2.61 bits per heavy atom. The smallest absolute Gasteiger partial charge is 0.0705 e. The van der Waals surface area contributed by atoms with Crippen molar-refractivity contribution in [1.82, 2.24) is 4.98 Å². The molecule has 0 aliphatic carbocycles. The lowest BCUT2D eigenvalue weighted by Gasteiger charge is -2.12. The molecule has 0 amide bonds. The summed E-state index contributed by atoms with van der Waals surface area (Å²) in [7, 11) is 0. The molecule has 2 N–H and O–H groups in total. The molecule has 18 heavy (non-hydrogen) atoms. The second kappa shape index (κ2) is 5.96. The minimum Gasteiger partial charge on any atom is -0.327 e. The molecule has 0 bridgehead atoms. The number of nitrogens with zero attached hydrogens (tertiary/aromatic N) is 1. The van der Waals surface area contributed by atoms with Crippen molar-refractivity contribution in [2.75, 3.05) is 0 Å². The fraction of sp³-hybridized carbons (Fsp3) is 0.438. The van der Waals surface area contributed by atoms with Crippen molar-refractivity contribution in [1.29, 1.82) is 0 Å². The van der Waals surface area contributed by atoms with E-state index in [9.17, 15) is 0 Å². The molecule has 0 aliphatic heterocycles. The van der Waals surface area contributed by atoms with Crippen LogP contribution in [0, 0.1) is 5.92 Å². The van der Waals surface area contributed by atoms with Gasteiger partial charge in [0.2, 0.25) is 0 Å². The van der Waals surface area contributed by atoms with E-state index >= 15 is 0 Å². The summed E-state index contributed by atoms with van der Waals surface area (Å²) in [6, 6.07) is 12.7. The molecule has 0 radical (unpaired) electrons. The van der Waals surface area contributed by atoms with Gasteiger partial charge >= 0.3 is 0 Å². The van der Waals surface area contributed by atoms with Crippen LogP contribution in [0.3, 0.4) is 0 Å². The molecule has 0 saturated heterocycles. The highest BCUT2D eigenvalue weighted by atomic mass is 14.7. The predicted molar refractivity (Wildman–Crippen MR) is 77.5 cm³/mol. The molecule has 2 rings (SSSR count). The number of fused-ring (bicyclic) bond motifs is 1. The number of hydrogen-bond donors (Lipinski definition) is 1. The maximum Gasteiger partial charge on any atom is 0.0705 e. The van der Waals surface area contributed by atoms with Gasteiger partial charge in [-0.3, -0.25) is 4.98 Å². The highest BCUT2D eigenvalue weighted by Crippen LogP contribution is 2.14. The van der Waals surface area contributed by atoms with Crippen LogP contribution < -0.4 is 5.73 Å². The summed E-state index contributed by atoms with van der Waals surface area (Å²) in [6.45, 7) is 4.47. The number of nitrogens with two attached hydrogens (primary N) is 1. The second-order valence-corrected chi connectivity index (χ2v) is 5.43. The third-order valence-electron chi connectivity index (χ3n) is 3.24. The highest BCUT2D eigenvalue weighted by molar-refractivity contribution is 5.78. The molecule has 0 aliphatic rings. The maximum atomic E-state index is 6.16. The lowest BCUT2D eigenvalue weighted by Crippen LogP contribution is -2.23. The molecule has 2 heteroatoms. The van der Waals surface area contributed by atoms with Gasteiger partial charge in [-0.1, -0.05) is 38.1 Å². The average Bonchev–Trinajstić information content (AvgIpc) is 2.36. The molecule has 1 heterocycles. The molecule has 0 spiro atoms. The van der Waals surface area contributed by atoms with Gasteiger partial charge in [0.15, 0.2) is 0 Å². The predicted octanol–water partition coefficient (Wildman–Crippen LogP) is 3.54. The van der Waals surface area contributed by atoms with Crippen LogP contribution in [0.1, 0.15) is 32.4 Å². The van der Waals surface area contributed by atoms with E-state index in [4.69, 9.17) is 5.73 Å². The first-order valence-corrected chi connectivity index (χ1v) is 6.75. The Bertz CT molecular complexity index is 505. The summed E-state index contributed by atoms with van der Waals surface area (Å²) in [4.78, 5) is 4.66. The third-order valence-corrected chi connectivity index (χ3v) is 3.24. The fourth-order valence-corrected chi connectivity index (χ4v) is 2.14. The van der Waals surface area contributed by atoms with Crippen molar-refractivity contribution >= 4 is 10.9 Å². The van der Waals surface area contributed by atoms with E-state index in [1.54, 1.807) is 0 Å². The van der Waals surface area contributed by atoms with Crippen molar-refractivity contribution in [3.05, 3.63) is 42.1 Å². The largest absolute Gasteiger partial charge is 0.327 e. The number of pyridine rings is 1. The topological polar surface area (TPSA) is 38.9 Å². The van der Waals surface area contributed by atoms with Gasteiger partial charge in [-0.2, -0.15) is 0 Å². The Labute approximate surface area is 109 Å². The first kappa shape index (κ1) is 13.0. The second-order valence-electron chi connectivity index (χ2n) is 5.43. The normalized spacial score (nSPS) is 13.1. The van der Waals surface area contributed by atoms with Crippen molar-refractivity contribution in [2.24, 2.45) is 11.7 Å². The van der Waals surface area contributed by atoms with Crippen LogP contribution in [-0.4, -0.2) is 11.0 Å². The molecular weight excluding hydrogens is 220 g/mol. The van der Waals surface area contributed by atoms with E-state index in [0.29, 0.717) is 0 Å². The summed E-state index contributed by atoms with van der Waals surface area (Å²) >= 11 is 0. The average molecular weight is 242 g/mol. The Kier molecular flexibility index (Phi) is 4.32. The van der Waals surface area contributed by atoms with Crippen molar-refractivity contribution in [3.63, 3.8) is 0 Å². The van der Waals surface area contributed by atoms with Gasteiger partial charge in [0.25, 0.3) is 0 Å². The zero-order valence-corrected chi connectivity index (χ0v) is 11.3. The van der Waals surface area contributed by atoms with E-state index in [2.05, 4.69) is 43.1 Å². The number of hydrogen-bond acceptors (Lipinski definition) is 2. The lowest BCUT2D eigenvalue weighted by atomic mass is 10.0. The van der Waals surface area contributed by atoms with Gasteiger partial charge < -0.3 is 5.73 Å². The zero-order chi connectivity index (χ0) is 13.0. The molecule has 96 valence electrons. The molecular formula is C16H22N2. The Hall–Kier alpha value is -1.41. The minimum atomic E-state index is 0.223. The van der Waals surface area contributed by atoms with Gasteiger partial charge in [0.05, 0.1) is 5.52 Å². The van der Waals surface area contributed by atoms with Crippen molar-refractivity contribution in [2.45, 2.75) is 39.2 Å². The van der Waals surface area contributed by atoms with Crippen molar-refractivity contribution in [3.8, 4) is 0 Å². The van der Waals surface area contributed by atoms with Crippen LogP contribution >= 0.6 is 0 Å². The number of benzene rings is 1. The van der Waals surface area contributed by atoms with Gasteiger partial charge in [-0.15, -0.1) is 0 Å². The van der Waals surface area contributed by atoms with E-state index in [0.717, 1.165) is 30.0 Å². The Morgan fingerprint density at radius 2 is 1.83 bits per heavy atom. The zero-order valence-electron chi connectivity index (χ0n) is 11.3. The quantitative estimate of drug-likeness (QED) is 0.871. The number of para-hydroxylation sites is 1. The number of aromatic nitrogens is 1. The van der Waals surface area contributed by atoms with Gasteiger partial charge in [0.1, 0.15) is 0 Å². The van der Waals surface area contributed by atoms with Crippen molar-refractivity contribution < 1.29 is 0 Å². The summed E-state index contributed by atoms with van der Waals surface area (Å²) in [5, 5.41) is 1.19. The maximum absolute atomic E-state index is 6.16. The van der Waals surface area contributed by atoms with Crippen LogP contribution in [0.15, 0.2) is 36.4 Å². The lowest BCUT2D eigenvalue weighted by molar-refractivity contribution is 0.492. The van der Waals surface area contributed by atoms with E-state index < -0.39 is 0 Å². The van der Waals surface area contributed by atoms with Crippen LogP contribution in [-0.2, 0) is 6.42 Å². The molecule has 2 aromatic rings. The summed E-state index contributed by atoms with van der Waals surface area (Å²) in [5.74, 6) is 0.723. The molecule has 1 aromatic carbocycles. The van der Waals surface area contributed by atoms with E-state index in [-0.39, 0.29) is 6.04 Å². The Morgan fingerprint density at radius 1 is 1.06 bits per heavy atom. The first-order chi connectivity index (χ1) is 8.65. The van der Waals surface area contributed by atoms with Gasteiger partial charge in [-0.25, -0.2) is 0 Å². The van der Waals surface area contributed by atoms with Crippen LogP contribution in [0.2, 0.25) is 0 Å². The monoisotopic (exact) mass is 242 g/mol.